The third-order valence-corrected chi connectivity index (χ3v) is 5.48. The van der Waals surface area contributed by atoms with Crippen molar-refractivity contribution in [3.05, 3.63) is 59.4 Å². The zero-order valence-electron chi connectivity index (χ0n) is 18.9. The normalized spacial score (nSPS) is 11.4. The lowest BCUT2D eigenvalue weighted by Gasteiger charge is -2.11. The number of halogens is 4. The van der Waals surface area contributed by atoms with Crippen molar-refractivity contribution in [2.24, 2.45) is 0 Å². The molecule has 4 aromatic rings. The number of H-pyrrole nitrogens is 1. The van der Waals surface area contributed by atoms with E-state index in [2.05, 4.69) is 57.0 Å². The van der Waals surface area contributed by atoms with Gasteiger partial charge in [0.05, 0.1) is 18.6 Å². The first-order valence-corrected chi connectivity index (χ1v) is 11.3. The number of nitrogens with zero attached hydrogens (tertiary/aromatic N) is 2. The molecule has 2 N–H and O–H groups in total. The molecule has 7 nitrogen and oxygen atoms in total. The second-order valence-electron chi connectivity index (χ2n) is 7.70. The van der Waals surface area contributed by atoms with Crippen LogP contribution in [-0.2, 0) is 4.79 Å². The maximum Gasteiger partial charge on any atom is 0.490 e. The van der Waals surface area contributed by atoms with Gasteiger partial charge in [-0.15, -0.1) is 0 Å². The summed E-state index contributed by atoms with van der Waals surface area (Å²) in [6.45, 7) is 1.72. The van der Waals surface area contributed by atoms with E-state index in [1.54, 1.807) is 12.5 Å². The summed E-state index contributed by atoms with van der Waals surface area (Å²) in [6.07, 6.45) is -0.625. The van der Waals surface area contributed by atoms with Crippen LogP contribution in [0.2, 0.25) is 0 Å². The number of rotatable bonds is 7. The predicted octanol–water partition coefficient (Wildman–Crippen LogP) is 6.22. The van der Waals surface area contributed by atoms with E-state index < -0.39 is 12.1 Å². The van der Waals surface area contributed by atoms with Crippen LogP contribution in [0.4, 0.5) is 13.2 Å². The largest absolute Gasteiger partial charge is 0.494 e. The van der Waals surface area contributed by atoms with Crippen LogP contribution in [0.25, 0.3) is 33.6 Å². The second kappa shape index (κ2) is 11.4. The summed E-state index contributed by atoms with van der Waals surface area (Å²) < 4.78 is 44.3. The number of hydrogen-bond donors (Lipinski definition) is 2. The Balaban J connectivity index is 0.000000429. The van der Waals surface area contributed by atoms with Crippen LogP contribution < -0.4 is 4.74 Å². The maximum atomic E-state index is 10.6. The number of aromatic amines is 1. The van der Waals surface area contributed by atoms with Gasteiger partial charge in [-0.3, -0.25) is 0 Å². The minimum Gasteiger partial charge on any atom is -0.494 e. The van der Waals surface area contributed by atoms with Crippen molar-refractivity contribution >= 4 is 32.9 Å². The van der Waals surface area contributed by atoms with Crippen LogP contribution in [0.15, 0.2) is 63.8 Å². The lowest BCUT2D eigenvalue weighted by Crippen LogP contribution is -2.21. The number of benzene rings is 1. The van der Waals surface area contributed by atoms with Crippen LogP contribution in [-0.4, -0.2) is 59.4 Å². The number of nitrogens with one attached hydrogen (secondary N) is 1. The molecule has 1 aromatic carbocycles. The molecule has 0 saturated carbocycles. The van der Waals surface area contributed by atoms with Gasteiger partial charge in [-0.1, -0.05) is 12.1 Å². The standard InChI is InChI=1S/C22H22BrN3O2.C2HF3O2/c1-26(2)12-4-14-27-16-8-6-15(7-9-16)19-20-17(23)10-11-24-22(20)25-21(19)18-5-3-13-28-18;3-2(4,5)1(6)7/h3,5-11,13H,4,12,14H2,1-2H3,(H,24,25);(H,6,7). The highest BCUT2D eigenvalue weighted by molar-refractivity contribution is 9.10. The number of hydrogen-bond acceptors (Lipinski definition) is 5. The number of carbonyl (C=O) groups is 1. The molecule has 3 heterocycles. The first kappa shape index (κ1) is 26.3. The number of ether oxygens (including phenoxy) is 1. The molecular formula is C24H23BrF3N3O4. The van der Waals surface area contributed by atoms with E-state index in [1.165, 1.54) is 0 Å². The van der Waals surface area contributed by atoms with Crippen LogP contribution in [0.5, 0.6) is 5.75 Å². The SMILES string of the molecule is CN(C)CCCOc1ccc(-c2c(-c3ccco3)[nH]c3nccc(Br)c23)cc1.O=C(O)C(F)(F)F. The fourth-order valence-corrected chi connectivity index (χ4v) is 3.76. The Morgan fingerprint density at radius 2 is 1.89 bits per heavy atom. The topological polar surface area (TPSA) is 91.6 Å². The quantitative estimate of drug-likeness (QED) is 0.264. The van der Waals surface area contributed by atoms with E-state index in [9.17, 15) is 13.2 Å². The molecule has 0 fully saturated rings. The van der Waals surface area contributed by atoms with Gasteiger partial charge in [0.1, 0.15) is 11.4 Å². The van der Waals surface area contributed by atoms with Gasteiger partial charge in [-0.2, -0.15) is 13.2 Å². The molecule has 0 atom stereocenters. The molecule has 4 rings (SSSR count). The van der Waals surface area contributed by atoms with E-state index >= 15 is 0 Å². The summed E-state index contributed by atoms with van der Waals surface area (Å²) in [5.74, 6) is -1.10. The number of fused-ring (bicyclic) bond motifs is 1. The van der Waals surface area contributed by atoms with Gasteiger partial charge in [0, 0.05) is 28.2 Å². The molecule has 11 heteroatoms. The third kappa shape index (κ3) is 6.86. The minimum atomic E-state index is -5.08. The maximum absolute atomic E-state index is 10.6. The highest BCUT2D eigenvalue weighted by Gasteiger charge is 2.38. The summed E-state index contributed by atoms with van der Waals surface area (Å²) >= 11 is 3.67. The van der Waals surface area contributed by atoms with Crippen LogP contribution >= 0.6 is 15.9 Å². The summed E-state index contributed by atoms with van der Waals surface area (Å²) in [4.78, 5) is 18.9. The number of pyridine rings is 1. The molecule has 0 unspecified atom stereocenters. The Morgan fingerprint density at radius 3 is 2.46 bits per heavy atom. The molecule has 0 aliphatic heterocycles. The van der Waals surface area contributed by atoms with E-state index in [1.807, 2.05) is 30.3 Å². The molecule has 0 amide bonds. The van der Waals surface area contributed by atoms with Crippen molar-refractivity contribution in [2.45, 2.75) is 12.6 Å². The number of furan rings is 1. The highest BCUT2D eigenvalue weighted by atomic mass is 79.9. The number of carboxylic acids is 1. The lowest BCUT2D eigenvalue weighted by molar-refractivity contribution is -0.192. The Bertz CT molecular complexity index is 1250. The molecule has 0 aliphatic rings. The van der Waals surface area contributed by atoms with E-state index in [0.717, 1.165) is 56.8 Å². The fraction of sp³-hybridized carbons (Fsp3) is 0.250. The highest BCUT2D eigenvalue weighted by Crippen LogP contribution is 2.41. The van der Waals surface area contributed by atoms with E-state index in [0.29, 0.717) is 6.61 Å². The van der Waals surface area contributed by atoms with Gasteiger partial charge < -0.3 is 24.1 Å². The van der Waals surface area contributed by atoms with Gasteiger partial charge in [-0.05, 0) is 72.3 Å². The summed E-state index contributed by atoms with van der Waals surface area (Å²) in [5.41, 5.74) is 3.87. The van der Waals surface area contributed by atoms with Gasteiger partial charge in [0.25, 0.3) is 0 Å². The van der Waals surface area contributed by atoms with Crippen molar-refractivity contribution in [1.29, 1.82) is 0 Å². The van der Waals surface area contributed by atoms with Crippen molar-refractivity contribution < 1.29 is 32.2 Å². The number of aromatic nitrogens is 2. The molecule has 0 bridgehead atoms. The predicted molar refractivity (Wildman–Crippen MR) is 129 cm³/mol. The Morgan fingerprint density at radius 1 is 1.20 bits per heavy atom. The number of alkyl halides is 3. The molecule has 0 spiro atoms. The van der Waals surface area contributed by atoms with Gasteiger partial charge in [0.2, 0.25) is 0 Å². The van der Waals surface area contributed by atoms with Crippen molar-refractivity contribution in [3.63, 3.8) is 0 Å². The third-order valence-electron chi connectivity index (χ3n) is 4.81. The fourth-order valence-electron chi connectivity index (χ4n) is 3.26. The molecule has 3 aromatic heterocycles. The summed E-state index contributed by atoms with van der Waals surface area (Å²) in [6, 6.07) is 14.0. The first-order chi connectivity index (χ1) is 16.6. The zero-order valence-corrected chi connectivity index (χ0v) is 20.5. The smallest absolute Gasteiger partial charge is 0.490 e. The molecule has 0 aliphatic carbocycles. The van der Waals surface area contributed by atoms with Crippen molar-refractivity contribution in [1.82, 2.24) is 14.9 Å². The summed E-state index contributed by atoms with van der Waals surface area (Å²) in [5, 5.41) is 8.16. The first-order valence-electron chi connectivity index (χ1n) is 10.5. The number of aliphatic carboxylic acids is 1. The van der Waals surface area contributed by atoms with Gasteiger partial charge in [0.15, 0.2) is 5.76 Å². The molecular weight excluding hydrogens is 531 g/mol. The average Bonchev–Trinajstić information content (AvgIpc) is 3.45. The van der Waals surface area contributed by atoms with E-state index in [4.69, 9.17) is 19.1 Å². The van der Waals surface area contributed by atoms with Crippen LogP contribution in [0.1, 0.15) is 6.42 Å². The van der Waals surface area contributed by atoms with E-state index in [-0.39, 0.29) is 0 Å². The monoisotopic (exact) mass is 553 g/mol. The molecule has 0 radical (unpaired) electrons. The number of carboxylic acid groups (broad SMARTS) is 1. The van der Waals surface area contributed by atoms with Crippen LogP contribution in [0.3, 0.4) is 0 Å². The zero-order chi connectivity index (χ0) is 25.6. The Kier molecular flexibility index (Phi) is 8.57. The van der Waals surface area contributed by atoms with Gasteiger partial charge in [-0.25, -0.2) is 9.78 Å². The van der Waals surface area contributed by atoms with Crippen LogP contribution in [0, 0.1) is 0 Å². The minimum absolute atomic E-state index is 0.706. The lowest BCUT2D eigenvalue weighted by atomic mass is 10.0. The van der Waals surface area contributed by atoms with Crippen molar-refractivity contribution in [2.75, 3.05) is 27.2 Å². The van der Waals surface area contributed by atoms with Gasteiger partial charge >= 0.3 is 12.1 Å². The molecule has 35 heavy (non-hydrogen) atoms. The van der Waals surface area contributed by atoms with Crippen molar-refractivity contribution in [3.8, 4) is 28.3 Å². The Labute approximate surface area is 207 Å². The second-order valence-corrected chi connectivity index (χ2v) is 8.56. The molecule has 186 valence electrons. The Hall–Kier alpha value is -3.31. The summed E-state index contributed by atoms with van der Waals surface area (Å²) in [7, 11) is 4.14. The average molecular weight is 554 g/mol. The molecule has 0 saturated heterocycles.